The second-order valence-electron chi connectivity index (χ2n) is 4.27. The fourth-order valence-corrected chi connectivity index (χ4v) is 2.24. The van der Waals surface area contributed by atoms with Gasteiger partial charge in [0.25, 0.3) is 5.56 Å². The second kappa shape index (κ2) is 4.61. The molecule has 0 spiro atoms. The Balaban J connectivity index is 2.66. The first kappa shape index (κ1) is 9.27. The van der Waals surface area contributed by atoms with Crippen LogP contribution in [0.3, 0.4) is 0 Å². The molecule has 1 aromatic rings. The highest BCUT2D eigenvalue weighted by atomic mass is 16.5. The maximum absolute atomic E-state index is 11.7. The van der Waals surface area contributed by atoms with E-state index in [1.807, 2.05) is 0 Å². The molecule has 0 radical (unpaired) electrons. The Morgan fingerprint density at radius 1 is 1.35 bits per heavy atom. The molecule has 2 rings (SSSR count). The highest BCUT2D eigenvalue weighted by molar-refractivity contribution is 5.87. The van der Waals surface area contributed by atoms with Crippen molar-refractivity contribution >= 4 is 5.97 Å². The van der Waals surface area contributed by atoms with Gasteiger partial charge in [-0.15, -0.1) is 0 Å². The maximum atomic E-state index is 11.7. The van der Waals surface area contributed by atoms with Crippen molar-refractivity contribution in [1.82, 2.24) is 4.73 Å². The Labute approximate surface area is 101 Å². The molecular weight excluding hydrogens is 222 g/mol. The number of rotatable bonds is 2. The van der Waals surface area contributed by atoms with Gasteiger partial charge in [0.05, 0.1) is 14.0 Å². The first-order valence-electron chi connectivity index (χ1n) is 6.63. The molecule has 0 aromatic carbocycles. The Kier molecular flexibility index (Phi) is 2.51. The molecule has 0 amide bonds. The fourth-order valence-electron chi connectivity index (χ4n) is 2.24. The van der Waals surface area contributed by atoms with Crippen molar-refractivity contribution in [2.45, 2.75) is 38.0 Å². The maximum Gasteiger partial charge on any atom is 0.335 e. The van der Waals surface area contributed by atoms with Crippen LogP contribution >= 0.6 is 0 Å². The third kappa shape index (κ3) is 2.33. The summed E-state index contributed by atoms with van der Waals surface area (Å²) in [6, 6.07) is -1.27. The van der Waals surface area contributed by atoms with Crippen LogP contribution in [0.25, 0.3) is 0 Å². The van der Waals surface area contributed by atoms with Gasteiger partial charge in [-0.1, -0.05) is 19.3 Å². The summed E-state index contributed by atoms with van der Waals surface area (Å²) in [6.07, 6.45) is 4.32. The van der Waals surface area contributed by atoms with E-state index in [0.29, 0.717) is 12.8 Å². The van der Waals surface area contributed by atoms with E-state index in [2.05, 4.69) is 0 Å². The molecule has 1 aromatic heterocycles. The SMILES string of the molecule is [2H]c1c(C(=O)O)c([2H])c(=O)n(O)c1C1CCCCC1. The molecule has 2 N–H and O–H groups in total. The van der Waals surface area contributed by atoms with Crippen LogP contribution in [-0.2, 0) is 0 Å². The molecule has 5 heteroatoms. The largest absolute Gasteiger partial charge is 0.478 e. The number of aromatic nitrogens is 1. The number of aromatic carboxylic acids is 1. The number of carbonyl (C=O) groups is 1. The number of hydrogen-bond donors (Lipinski definition) is 2. The minimum atomic E-state index is -1.48. The fraction of sp³-hybridized carbons (Fsp3) is 0.500. The molecule has 1 saturated carbocycles. The van der Waals surface area contributed by atoms with Crippen LogP contribution in [-0.4, -0.2) is 21.0 Å². The lowest BCUT2D eigenvalue weighted by molar-refractivity contribution is 0.0695. The summed E-state index contributed by atoms with van der Waals surface area (Å²) in [5.41, 5.74) is -1.68. The third-order valence-electron chi connectivity index (χ3n) is 3.11. The number of carboxylic acid groups (broad SMARTS) is 1. The Hall–Kier alpha value is -1.78. The van der Waals surface area contributed by atoms with Gasteiger partial charge in [-0.3, -0.25) is 4.79 Å². The van der Waals surface area contributed by atoms with Crippen LogP contribution in [0.15, 0.2) is 16.9 Å². The van der Waals surface area contributed by atoms with Gasteiger partial charge >= 0.3 is 5.97 Å². The van der Waals surface area contributed by atoms with Gasteiger partial charge in [0.1, 0.15) is 0 Å². The standard InChI is InChI=1S/C12H15NO4/c14-11-7-9(12(15)16)6-10(13(11)17)8-4-2-1-3-5-8/h6-8,17H,1-5H2,(H,15,16)/i6D,7D. The highest BCUT2D eigenvalue weighted by Crippen LogP contribution is 2.31. The molecule has 0 bridgehead atoms. The summed E-state index contributed by atoms with van der Waals surface area (Å²) >= 11 is 0. The molecule has 0 saturated heterocycles. The predicted octanol–water partition coefficient (Wildman–Crippen LogP) is 1.83. The molecule has 92 valence electrons. The monoisotopic (exact) mass is 239 g/mol. The number of pyridine rings is 1. The van der Waals surface area contributed by atoms with Gasteiger partial charge in [-0.25, -0.2) is 4.79 Å². The van der Waals surface area contributed by atoms with Crippen molar-refractivity contribution in [3.05, 3.63) is 33.7 Å². The van der Waals surface area contributed by atoms with E-state index < -0.39 is 29.2 Å². The second-order valence-corrected chi connectivity index (χ2v) is 4.27. The van der Waals surface area contributed by atoms with E-state index in [1.54, 1.807) is 0 Å². The van der Waals surface area contributed by atoms with Gasteiger partial charge < -0.3 is 10.3 Å². The molecule has 17 heavy (non-hydrogen) atoms. The third-order valence-corrected chi connectivity index (χ3v) is 3.11. The minimum absolute atomic E-state index is 0.0260. The first-order chi connectivity index (χ1) is 8.95. The number of carboxylic acids is 1. The van der Waals surface area contributed by atoms with Crippen LogP contribution in [0, 0.1) is 0 Å². The Morgan fingerprint density at radius 3 is 2.59 bits per heavy atom. The van der Waals surface area contributed by atoms with E-state index in [9.17, 15) is 14.8 Å². The first-order valence-corrected chi connectivity index (χ1v) is 5.63. The summed E-state index contributed by atoms with van der Waals surface area (Å²) in [5, 5.41) is 18.8. The molecule has 1 aliphatic rings. The van der Waals surface area contributed by atoms with Gasteiger partial charge in [0.2, 0.25) is 0 Å². The van der Waals surface area contributed by atoms with Crippen LogP contribution in [0.1, 0.15) is 56.8 Å². The molecule has 0 atom stereocenters. The average molecular weight is 239 g/mol. The van der Waals surface area contributed by atoms with E-state index in [-0.39, 0.29) is 16.3 Å². The Morgan fingerprint density at radius 2 is 2.00 bits per heavy atom. The van der Waals surface area contributed by atoms with E-state index in [1.165, 1.54) is 0 Å². The zero-order valence-corrected chi connectivity index (χ0v) is 9.27. The molecule has 1 fully saturated rings. The highest BCUT2D eigenvalue weighted by Gasteiger charge is 2.21. The molecule has 5 nitrogen and oxygen atoms in total. The molecule has 0 aliphatic heterocycles. The van der Waals surface area contributed by atoms with Crippen molar-refractivity contribution < 1.29 is 17.8 Å². The lowest BCUT2D eigenvalue weighted by atomic mass is 9.86. The minimum Gasteiger partial charge on any atom is -0.478 e. The zero-order chi connectivity index (χ0) is 14.2. The lowest BCUT2D eigenvalue weighted by Gasteiger charge is -2.22. The van der Waals surface area contributed by atoms with E-state index >= 15 is 0 Å². The van der Waals surface area contributed by atoms with Crippen LogP contribution in [0.5, 0.6) is 0 Å². The van der Waals surface area contributed by atoms with Crippen LogP contribution in [0.4, 0.5) is 0 Å². The molecular formula is C12H15NO4. The van der Waals surface area contributed by atoms with Crippen molar-refractivity contribution in [2.24, 2.45) is 0 Å². The quantitative estimate of drug-likeness (QED) is 0.772. The van der Waals surface area contributed by atoms with E-state index in [4.69, 9.17) is 7.85 Å². The number of hydrogen-bond acceptors (Lipinski definition) is 3. The molecule has 1 heterocycles. The zero-order valence-electron chi connectivity index (χ0n) is 11.3. The van der Waals surface area contributed by atoms with Crippen LogP contribution in [0.2, 0.25) is 0 Å². The topological polar surface area (TPSA) is 79.5 Å². The van der Waals surface area contributed by atoms with Crippen molar-refractivity contribution in [1.29, 1.82) is 0 Å². The van der Waals surface area contributed by atoms with Gasteiger partial charge in [0, 0.05) is 12.0 Å². The normalized spacial score (nSPS) is 18.6. The summed E-state index contributed by atoms with van der Waals surface area (Å²) in [6.45, 7) is 0. The van der Waals surface area contributed by atoms with Crippen molar-refractivity contribution in [3.63, 3.8) is 0 Å². The smallest absolute Gasteiger partial charge is 0.335 e. The summed E-state index contributed by atoms with van der Waals surface area (Å²) < 4.78 is 15.6. The van der Waals surface area contributed by atoms with Gasteiger partial charge in [-0.2, -0.15) is 4.73 Å². The summed E-state index contributed by atoms with van der Waals surface area (Å²) in [7, 11) is 0. The predicted molar refractivity (Wildman–Crippen MR) is 60.7 cm³/mol. The van der Waals surface area contributed by atoms with Crippen molar-refractivity contribution in [3.8, 4) is 0 Å². The van der Waals surface area contributed by atoms with Crippen LogP contribution < -0.4 is 5.56 Å². The summed E-state index contributed by atoms with van der Waals surface area (Å²) in [4.78, 5) is 22.8. The Bertz CT molecular complexity index is 576. The molecule has 0 unspecified atom stereocenters. The number of nitrogens with zero attached hydrogens (tertiary/aromatic N) is 1. The van der Waals surface area contributed by atoms with Crippen molar-refractivity contribution in [2.75, 3.05) is 0 Å². The van der Waals surface area contributed by atoms with Gasteiger partial charge in [0.15, 0.2) is 0 Å². The lowest BCUT2D eigenvalue weighted by Crippen LogP contribution is -2.25. The van der Waals surface area contributed by atoms with E-state index in [0.717, 1.165) is 19.3 Å². The molecule has 1 aliphatic carbocycles. The average Bonchev–Trinajstić information content (AvgIpc) is 2.37. The van der Waals surface area contributed by atoms with Gasteiger partial charge in [-0.05, 0) is 18.9 Å². The summed E-state index contributed by atoms with van der Waals surface area (Å²) in [5.74, 6) is -1.68.